The van der Waals surface area contributed by atoms with Crippen molar-refractivity contribution in [1.29, 1.82) is 10.7 Å². The highest BCUT2D eigenvalue weighted by Crippen LogP contribution is 2.42. The Morgan fingerprint density at radius 1 is 1.15 bits per heavy atom. The molecule has 2 amide bonds. The maximum atomic E-state index is 13.5. The van der Waals surface area contributed by atoms with Crippen LogP contribution < -0.4 is 15.4 Å². The van der Waals surface area contributed by atoms with Crippen molar-refractivity contribution in [1.82, 2.24) is 9.47 Å². The molecule has 2 aromatic carbocycles. The van der Waals surface area contributed by atoms with Crippen molar-refractivity contribution in [3.05, 3.63) is 94.4 Å². The number of carbonyl (C=O) groups excluding carboxylic acids is 2. The maximum Gasteiger partial charge on any atom is 0.416 e. The van der Waals surface area contributed by atoms with E-state index >= 15 is 0 Å². The topological polar surface area (TPSA) is 138 Å². The van der Waals surface area contributed by atoms with E-state index in [0.717, 1.165) is 35.1 Å². The number of aromatic nitrogens is 1. The number of primary amides is 1. The summed E-state index contributed by atoms with van der Waals surface area (Å²) in [4.78, 5) is 28.0. The number of methoxy groups -OCH3 is 2. The van der Waals surface area contributed by atoms with E-state index in [2.05, 4.69) is 6.07 Å². The minimum atomic E-state index is -4.68. The van der Waals surface area contributed by atoms with Gasteiger partial charge in [0, 0.05) is 30.3 Å². The second-order valence-electron chi connectivity index (χ2n) is 9.06. The standard InChI is InChI=1S/C28H25F3N6O4/c1-16-23(25(38)41-3)24(22-8-7-17(13-32)11-18(22)14-35-10-9-21(15-35)40-2)37(27(34)39)26(33)36(16)20-6-4-5-19(12-20)28(29,30)31/h4-12,15,24,33H,14H2,1-3H3,(H2,34,39)/t24-/m1/s1. The molecule has 10 nitrogen and oxygen atoms in total. The van der Waals surface area contributed by atoms with Crippen molar-refractivity contribution < 1.29 is 32.2 Å². The lowest BCUT2D eigenvalue weighted by molar-refractivity contribution is -0.138. The number of alkyl halides is 3. The van der Waals surface area contributed by atoms with E-state index in [9.17, 15) is 28.0 Å². The summed E-state index contributed by atoms with van der Waals surface area (Å²) in [5.74, 6) is -0.894. The van der Waals surface area contributed by atoms with Crippen LogP contribution in [0, 0.1) is 16.7 Å². The summed E-state index contributed by atoms with van der Waals surface area (Å²) < 4.78 is 52.6. The average molecular weight is 567 g/mol. The molecule has 0 bridgehead atoms. The van der Waals surface area contributed by atoms with Gasteiger partial charge in [0.2, 0.25) is 5.96 Å². The van der Waals surface area contributed by atoms with Crippen LogP contribution >= 0.6 is 0 Å². The number of hydrogen-bond acceptors (Lipinski definition) is 6. The molecule has 1 aliphatic heterocycles. The number of rotatable bonds is 6. The molecule has 4 rings (SSSR count). The van der Waals surface area contributed by atoms with Crippen LogP contribution in [0.25, 0.3) is 0 Å². The first-order chi connectivity index (χ1) is 19.4. The van der Waals surface area contributed by atoms with Crippen LogP contribution in [-0.2, 0) is 22.3 Å². The van der Waals surface area contributed by atoms with Gasteiger partial charge in [-0.2, -0.15) is 18.4 Å². The molecule has 1 aromatic heterocycles. The van der Waals surface area contributed by atoms with E-state index < -0.39 is 35.7 Å². The van der Waals surface area contributed by atoms with E-state index in [4.69, 9.17) is 20.6 Å². The van der Waals surface area contributed by atoms with Crippen molar-refractivity contribution in [3.8, 4) is 11.8 Å². The quantitative estimate of drug-likeness (QED) is 0.413. The first-order valence-electron chi connectivity index (χ1n) is 12.1. The third kappa shape index (κ3) is 5.44. The maximum absolute atomic E-state index is 13.5. The highest BCUT2D eigenvalue weighted by Gasteiger charge is 2.44. The summed E-state index contributed by atoms with van der Waals surface area (Å²) in [6.07, 6.45) is -1.25. The summed E-state index contributed by atoms with van der Waals surface area (Å²) in [5, 5.41) is 18.5. The zero-order chi connectivity index (χ0) is 30.1. The molecule has 41 heavy (non-hydrogen) atoms. The number of hydrogen-bond donors (Lipinski definition) is 2. The predicted molar refractivity (Wildman–Crippen MR) is 142 cm³/mol. The Morgan fingerprint density at radius 3 is 2.46 bits per heavy atom. The molecule has 0 aliphatic carbocycles. The third-order valence-corrected chi connectivity index (χ3v) is 6.65. The number of urea groups is 1. The monoisotopic (exact) mass is 566 g/mol. The lowest BCUT2D eigenvalue weighted by Gasteiger charge is -2.43. The van der Waals surface area contributed by atoms with Gasteiger partial charge in [-0.15, -0.1) is 0 Å². The zero-order valence-corrected chi connectivity index (χ0v) is 22.2. The smallest absolute Gasteiger partial charge is 0.416 e. The molecule has 0 spiro atoms. The van der Waals surface area contributed by atoms with Crippen LogP contribution in [-0.4, -0.2) is 41.6 Å². The first-order valence-corrected chi connectivity index (χ1v) is 12.1. The number of anilines is 1. The minimum absolute atomic E-state index is 0.0571. The van der Waals surface area contributed by atoms with Gasteiger partial charge in [0.05, 0.1) is 37.0 Å². The molecule has 3 aromatic rings. The Balaban J connectivity index is 1.97. The molecule has 1 aliphatic rings. The number of nitrogens with one attached hydrogen (secondary N) is 1. The number of benzene rings is 2. The number of amides is 2. The second kappa shape index (κ2) is 11.1. The molecule has 1 atom stereocenters. The number of carbonyl (C=O) groups is 2. The van der Waals surface area contributed by atoms with Crippen LogP contribution in [0.1, 0.15) is 35.2 Å². The van der Waals surface area contributed by atoms with Crippen LogP contribution in [0.3, 0.4) is 0 Å². The average Bonchev–Trinajstić information content (AvgIpc) is 3.39. The fraction of sp³-hybridized carbons (Fsp3) is 0.214. The van der Waals surface area contributed by atoms with Gasteiger partial charge in [-0.3, -0.25) is 15.2 Å². The number of nitrogens with zero attached hydrogens (tertiary/aromatic N) is 4. The number of guanidine groups is 1. The number of nitrogens with two attached hydrogens (primary N) is 1. The van der Waals surface area contributed by atoms with E-state index in [1.165, 1.54) is 26.2 Å². The van der Waals surface area contributed by atoms with Crippen molar-refractivity contribution in [2.24, 2.45) is 5.73 Å². The molecule has 13 heteroatoms. The second-order valence-corrected chi connectivity index (χ2v) is 9.06. The van der Waals surface area contributed by atoms with Gasteiger partial charge in [0.1, 0.15) is 11.8 Å². The van der Waals surface area contributed by atoms with Crippen LogP contribution in [0.15, 0.2) is 72.2 Å². The largest absolute Gasteiger partial charge is 0.495 e. The molecule has 0 saturated carbocycles. The highest BCUT2D eigenvalue weighted by molar-refractivity contribution is 6.10. The van der Waals surface area contributed by atoms with Gasteiger partial charge < -0.3 is 19.8 Å². The number of esters is 1. The van der Waals surface area contributed by atoms with Gasteiger partial charge in [-0.1, -0.05) is 12.1 Å². The molecule has 0 radical (unpaired) electrons. The Labute approximate surface area is 233 Å². The van der Waals surface area contributed by atoms with Crippen molar-refractivity contribution >= 4 is 23.6 Å². The highest BCUT2D eigenvalue weighted by atomic mass is 19.4. The summed E-state index contributed by atoms with van der Waals surface area (Å²) in [5.41, 5.74) is 5.72. The summed E-state index contributed by atoms with van der Waals surface area (Å²) in [7, 11) is 2.63. The number of allylic oxidation sites excluding steroid dienone is 1. The van der Waals surface area contributed by atoms with Crippen molar-refractivity contribution in [2.45, 2.75) is 25.7 Å². The Morgan fingerprint density at radius 2 is 1.88 bits per heavy atom. The van der Waals surface area contributed by atoms with Gasteiger partial charge in [-0.25, -0.2) is 9.59 Å². The first kappa shape index (κ1) is 28.8. The Hall–Kier alpha value is -5.25. The molecule has 2 heterocycles. The summed E-state index contributed by atoms with van der Waals surface area (Å²) >= 11 is 0. The normalized spacial score (nSPS) is 15.5. The Kier molecular flexibility index (Phi) is 7.77. The predicted octanol–water partition coefficient (Wildman–Crippen LogP) is 4.76. The molecule has 3 N–H and O–H groups in total. The van der Waals surface area contributed by atoms with E-state index in [-0.39, 0.29) is 23.5 Å². The summed E-state index contributed by atoms with van der Waals surface area (Å²) in [6.45, 7) is 1.61. The zero-order valence-electron chi connectivity index (χ0n) is 22.2. The van der Waals surface area contributed by atoms with Gasteiger partial charge in [0.15, 0.2) is 0 Å². The molecule has 212 valence electrons. The lowest BCUT2D eigenvalue weighted by Crippen LogP contribution is -2.55. The molecule has 0 fully saturated rings. The molecule has 0 saturated heterocycles. The van der Waals surface area contributed by atoms with Crippen LogP contribution in [0.2, 0.25) is 0 Å². The molecule has 0 unspecified atom stereocenters. The molecular formula is C28H25F3N6O4. The van der Waals surface area contributed by atoms with Gasteiger partial charge >= 0.3 is 18.2 Å². The van der Waals surface area contributed by atoms with E-state index in [1.54, 1.807) is 35.2 Å². The van der Waals surface area contributed by atoms with Crippen molar-refractivity contribution in [2.75, 3.05) is 19.1 Å². The van der Waals surface area contributed by atoms with Gasteiger partial charge in [0.25, 0.3) is 0 Å². The number of nitriles is 1. The number of ether oxygens (including phenoxy) is 2. The van der Waals surface area contributed by atoms with E-state index in [1.807, 2.05) is 0 Å². The van der Waals surface area contributed by atoms with Crippen molar-refractivity contribution in [3.63, 3.8) is 0 Å². The van der Waals surface area contributed by atoms with E-state index in [0.29, 0.717) is 22.4 Å². The number of halogens is 3. The van der Waals surface area contributed by atoms with Crippen LogP contribution in [0.4, 0.5) is 23.7 Å². The van der Waals surface area contributed by atoms with Crippen LogP contribution in [0.5, 0.6) is 5.75 Å². The Bertz CT molecular complexity index is 1600. The molecular weight excluding hydrogens is 541 g/mol. The lowest BCUT2D eigenvalue weighted by atomic mass is 9.88. The minimum Gasteiger partial charge on any atom is -0.495 e. The third-order valence-electron chi connectivity index (χ3n) is 6.65. The fourth-order valence-electron chi connectivity index (χ4n) is 4.78. The fourth-order valence-corrected chi connectivity index (χ4v) is 4.78. The van der Waals surface area contributed by atoms with Gasteiger partial charge in [-0.05, 0) is 54.4 Å². The SMILES string of the molecule is COC(=O)C1=C(C)N(c2cccc(C(F)(F)F)c2)C(=N)N(C(N)=O)[C@@H]1c1ccc(C#N)cc1Cn1ccc(OC)c1. The summed E-state index contributed by atoms with van der Waals surface area (Å²) in [6, 6.07) is 10.1.